The second-order valence-corrected chi connectivity index (χ2v) is 9.24. The van der Waals surface area contributed by atoms with Crippen molar-refractivity contribution in [2.24, 2.45) is 5.10 Å². The Morgan fingerprint density at radius 2 is 1.83 bits per heavy atom. The summed E-state index contributed by atoms with van der Waals surface area (Å²) in [6.45, 7) is 2.54. The van der Waals surface area contributed by atoms with Crippen LogP contribution >= 0.6 is 23.2 Å². The summed E-state index contributed by atoms with van der Waals surface area (Å²) in [6, 6.07) is 8.71. The van der Waals surface area contributed by atoms with Crippen LogP contribution in [0.5, 0.6) is 0 Å². The van der Waals surface area contributed by atoms with Crippen molar-refractivity contribution in [3.63, 3.8) is 0 Å². The molecular weight excluding hydrogens is 439 g/mol. The third kappa shape index (κ3) is 4.69. The number of rotatable bonds is 6. The van der Waals surface area contributed by atoms with Gasteiger partial charge in [0.15, 0.2) is 0 Å². The number of halogens is 2. The van der Waals surface area contributed by atoms with E-state index in [-0.39, 0.29) is 16.3 Å². The molecule has 1 fully saturated rings. The van der Waals surface area contributed by atoms with E-state index in [4.69, 9.17) is 23.2 Å². The Morgan fingerprint density at radius 1 is 1.14 bits per heavy atom. The van der Waals surface area contributed by atoms with E-state index < -0.39 is 14.9 Å². The van der Waals surface area contributed by atoms with E-state index in [9.17, 15) is 18.5 Å². The number of nitro groups is 1. The van der Waals surface area contributed by atoms with Crippen LogP contribution in [0, 0.1) is 10.1 Å². The molecule has 3 rings (SSSR count). The molecule has 1 aliphatic rings. The van der Waals surface area contributed by atoms with Gasteiger partial charge in [-0.2, -0.15) is 9.41 Å². The summed E-state index contributed by atoms with van der Waals surface area (Å²) in [4.78, 5) is 10.7. The van der Waals surface area contributed by atoms with Crippen molar-refractivity contribution in [3.05, 3.63) is 62.1 Å². The lowest BCUT2D eigenvalue weighted by Gasteiger charge is -2.15. The lowest BCUT2D eigenvalue weighted by molar-refractivity contribution is -0.384. The highest BCUT2D eigenvalue weighted by Gasteiger charge is 2.29. The van der Waals surface area contributed by atoms with E-state index in [0.29, 0.717) is 34.4 Å². The first-order chi connectivity index (χ1) is 13.7. The van der Waals surface area contributed by atoms with Crippen molar-refractivity contribution < 1.29 is 13.3 Å². The molecule has 1 saturated heterocycles. The van der Waals surface area contributed by atoms with Gasteiger partial charge in [-0.05, 0) is 49.6 Å². The van der Waals surface area contributed by atoms with Gasteiger partial charge in [-0.25, -0.2) is 8.42 Å². The van der Waals surface area contributed by atoms with Crippen LogP contribution in [0.2, 0.25) is 10.0 Å². The fourth-order valence-corrected chi connectivity index (χ4v) is 4.76. The molecule has 0 atom stereocenters. The van der Waals surface area contributed by atoms with Gasteiger partial charge in [-0.1, -0.05) is 29.3 Å². The van der Waals surface area contributed by atoms with Gasteiger partial charge in [0.05, 0.1) is 25.6 Å². The molecule has 1 aliphatic heterocycles. The van der Waals surface area contributed by atoms with Gasteiger partial charge in [0.1, 0.15) is 5.69 Å². The Balaban J connectivity index is 1.89. The summed E-state index contributed by atoms with van der Waals surface area (Å²) in [7, 11) is -3.76. The summed E-state index contributed by atoms with van der Waals surface area (Å²) in [5, 5.41) is 16.4. The molecule has 0 aromatic heterocycles. The molecule has 2 aromatic carbocycles. The summed E-state index contributed by atoms with van der Waals surface area (Å²) in [5.74, 6) is 0. The molecule has 0 radical (unpaired) electrons. The quantitative estimate of drug-likeness (QED) is 0.390. The third-order valence-corrected chi connectivity index (χ3v) is 7.18. The molecule has 1 N–H and O–H groups in total. The molecule has 0 amide bonds. The second-order valence-electron chi connectivity index (χ2n) is 6.49. The van der Waals surface area contributed by atoms with E-state index in [1.165, 1.54) is 16.4 Å². The standard InChI is InChI=1S/C18H18Cl2N4O4S/c1-12(13-4-6-15(19)16(20)10-13)21-22-17-7-5-14(11-18(17)24(25)26)29(27,28)23-8-2-3-9-23/h4-7,10-11,22H,2-3,8-9H2,1H3. The van der Waals surface area contributed by atoms with Crippen molar-refractivity contribution in [1.82, 2.24) is 4.31 Å². The highest BCUT2D eigenvalue weighted by Crippen LogP contribution is 2.30. The average molecular weight is 457 g/mol. The van der Waals surface area contributed by atoms with E-state index in [1.807, 2.05) is 0 Å². The summed E-state index contributed by atoms with van der Waals surface area (Å²) < 4.78 is 26.7. The summed E-state index contributed by atoms with van der Waals surface area (Å²) >= 11 is 11.9. The van der Waals surface area contributed by atoms with Crippen LogP contribution < -0.4 is 5.43 Å². The molecule has 8 nitrogen and oxygen atoms in total. The summed E-state index contributed by atoms with van der Waals surface area (Å²) in [6.07, 6.45) is 1.56. The molecular formula is C18H18Cl2N4O4S. The smallest absolute Gasteiger partial charge is 0.271 e. The maximum atomic E-state index is 12.7. The number of hydrogen-bond donors (Lipinski definition) is 1. The molecule has 2 aromatic rings. The molecule has 29 heavy (non-hydrogen) atoms. The fraction of sp³-hybridized carbons (Fsp3) is 0.278. The van der Waals surface area contributed by atoms with Gasteiger partial charge in [0.25, 0.3) is 5.69 Å². The number of benzene rings is 2. The number of hydrazone groups is 1. The Hall–Kier alpha value is -2.20. The van der Waals surface area contributed by atoms with Crippen LogP contribution in [-0.4, -0.2) is 36.4 Å². The maximum absolute atomic E-state index is 12.7. The normalized spacial score (nSPS) is 15.5. The lowest BCUT2D eigenvalue weighted by atomic mass is 10.1. The molecule has 11 heteroatoms. The minimum absolute atomic E-state index is 0.0785. The maximum Gasteiger partial charge on any atom is 0.295 e. The zero-order valence-electron chi connectivity index (χ0n) is 15.4. The minimum atomic E-state index is -3.76. The van der Waals surface area contributed by atoms with Crippen molar-refractivity contribution in [2.45, 2.75) is 24.7 Å². The van der Waals surface area contributed by atoms with Gasteiger partial charge in [-0.15, -0.1) is 0 Å². The molecule has 1 heterocycles. The number of anilines is 1. The first-order valence-corrected chi connectivity index (χ1v) is 10.9. The molecule has 0 bridgehead atoms. The Labute approximate surface area is 178 Å². The van der Waals surface area contributed by atoms with E-state index >= 15 is 0 Å². The van der Waals surface area contributed by atoms with E-state index in [0.717, 1.165) is 18.9 Å². The highest BCUT2D eigenvalue weighted by atomic mass is 35.5. The first-order valence-electron chi connectivity index (χ1n) is 8.74. The topological polar surface area (TPSA) is 105 Å². The second kappa shape index (κ2) is 8.66. The Kier molecular flexibility index (Phi) is 6.42. The fourth-order valence-electron chi connectivity index (χ4n) is 2.92. The molecule has 154 valence electrons. The predicted octanol–water partition coefficient (Wildman–Crippen LogP) is 4.52. The number of nitrogens with one attached hydrogen (secondary N) is 1. The Bertz CT molecular complexity index is 1080. The van der Waals surface area contributed by atoms with Crippen LogP contribution in [0.15, 0.2) is 46.4 Å². The summed E-state index contributed by atoms with van der Waals surface area (Å²) in [5.41, 5.74) is 3.54. The van der Waals surface area contributed by atoms with Crippen molar-refractivity contribution in [1.29, 1.82) is 0 Å². The SMILES string of the molecule is CC(=NNc1ccc(S(=O)(=O)N2CCCC2)cc1[N+](=O)[O-])c1ccc(Cl)c(Cl)c1. The largest absolute Gasteiger partial charge is 0.295 e. The first kappa shape index (κ1) is 21.5. The zero-order chi connectivity index (χ0) is 21.2. The van der Waals surface area contributed by atoms with Gasteiger partial charge in [0.2, 0.25) is 10.0 Å². The molecule has 0 unspecified atom stereocenters. The van der Waals surface area contributed by atoms with Crippen LogP contribution in [0.3, 0.4) is 0 Å². The predicted molar refractivity (Wildman–Crippen MR) is 113 cm³/mol. The van der Waals surface area contributed by atoms with Crippen molar-refractivity contribution in [2.75, 3.05) is 18.5 Å². The minimum Gasteiger partial charge on any atom is -0.271 e. The van der Waals surface area contributed by atoms with Crippen LogP contribution in [0.25, 0.3) is 0 Å². The van der Waals surface area contributed by atoms with Gasteiger partial charge < -0.3 is 0 Å². The van der Waals surface area contributed by atoms with Crippen LogP contribution in [-0.2, 0) is 10.0 Å². The Morgan fingerprint density at radius 3 is 2.45 bits per heavy atom. The molecule has 0 aliphatic carbocycles. The lowest BCUT2D eigenvalue weighted by Crippen LogP contribution is -2.27. The zero-order valence-corrected chi connectivity index (χ0v) is 17.8. The van der Waals surface area contributed by atoms with Crippen LogP contribution in [0.4, 0.5) is 11.4 Å². The number of hydrogen-bond acceptors (Lipinski definition) is 6. The third-order valence-electron chi connectivity index (χ3n) is 4.55. The number of nitrogens with zero attached hydrogens (tertiary/aromatic N) is 3. The molecule has 0 saturated carbocycles. The number of sulfonamides is 1. The highest BCUT2D eigenvalue weighted by molar-refractivity contribution is 7.89. The van der Waals surface area contributed by atoms with E-state index in [1.54, 1.807) is 25.1 Å². The van der Waals surface area contributed by atoms with Crippen molar-refractivity contribution in [3.8, 4) is 0 Å². The van der Waals surface area contributed by atoms with Gasteiger partial charge in [-0.3, -0.25) is 15.5 Å². The molecule has 0 spiro atoms. The van der Waals surface area contributed by atoms with Crippen molar-refractivity contribution >= 4 is 50.3 Å². The monoisotopic (exact) mass is 456 g/mol. The van der Waals surface area contributed by atoms with E-state index in [2.05, 4.69) is 10.5 Å². The van der Waals surface area contributed by atoms with Crippen LogP contribution in [0.1, 0.15) is 25.3 Å². The van der Waals surface area contributed by atoms with Gasteiger partial charge in [0, 0.05) is 19.2 Å². The average Bonchev–Trinajstić information content (AvgIpc) is 3.23. The number of nitro benzene ring substituents is 1. The van der Waals surface area contributed by atoms with Gasteiger partial charge >= 0.3 is 0 Å².